The molecule has 12 rings (SSSR count). The van der Waals surface area contributed by atoms with Crippen LogP contribution in [-0.2, 0) is 5.41 Å². The summed E-state index contributed by atoms with van der Waals surface area (Å²) in [6, 6.07) is 54.5. The van der Waals surface area contributed by atoms with Gasteiger partial charge in [-0.15, -0.1) is 0 Å². The Labute approximate surface area is 320 Å². The first-order chi connectivity index (χ1) is 27.7. The predicted octanol–water partition coefficient (Wildman–Crippen LogP) is 10.9. The van der Waals surface area contributed by atoms with Crippen LogP contribution in [0.2, 0.25) is 0 Å². The molecular formula is C49H26N6O. The van der Waals surface area contributed by atoms with E-state index in [-0.39, 0.29) is 0 Å². The lowest BCUT2D eigenvalue weighted by Crippen LogP contribution is -2.32. The van der Waals surface area contributed by atoms with Crippen LogP contribution in [0.4, 0.5) is 0 Å². The summed E-state index contributed by atoms with van der Waals surface area (Å²) < 4.78 is 11.5. The van der Waals surface area contributed by atoms with E-state index in [9.17, 15) is 10.5 Å². The average Bonchev–Trinajstić information content (AvgIpc) is 3.88. The molecule has 10 aromatic rings. The number of pyridine rings is 2. The third-order valence-corrected chi connectivity index (χ3v) is 11.7. The molecule has 7 heteroatoms. The number of ether oxygens (including phenoxy) is 1. The molecule has 5 heterocycles. The van der Waals surface area contributed by atoms with E-state index in [1.165, 1.54) is 10.8 Å². The van der Waals surface area contributed by atoms with Gasteiger partial charge >= 0.3 is 0 Å². The van der Waals surface area contributed by atoms with Crippen LogP contribution in [0.3, 0.4) is 0 Å². The first kappa shape index (κ1) is 30.5. The fourth-order valence-corrected chi connectivity index (χ4v) is 9.50. The molecule has 56 heavy (non-hydrogen) atoms. The van der Waals surface area contributed by atoms with Crippen molar-refractivity contribution in [3.63, 3.8) is 0 Å². The lowest BCUT2D eigenvalue weighted by atomic mass is 9.66. The fourth-order valence-electron chi connectivity index (χ4n) is 9.50. The van der Waals surface area contributed by atoms with Crippen molar-refractivity contribution in [1.82, 2.24) is 19.1 Å². The highest BCUT2D eigenvalue weighted by atomic mass is 16.5. The van der Waals surface area contributed by atoms with Gasteiger partial charge in [0.1, 0.15) is 11.5 Å². The number of hydrogen-bond acceptors (Lipinski definition) is 5. The first-order valence-corrected chi connectivity index (χ1v) is 18.4. The summed E-state index contributed by atoms with van der Waals surface area (Å²) in [4.78, 5) is 9.94. The molecule has 258 valence electrons. The Morgan fingerprint density at radius 3 is 1.39 bits per heavy atom. The van der Waals surface area contributed by atoms with Crippen molar-refractivity contribution in [2.45, 2.75) is 5.41 Å². The van der Waals surface area contributed by atoms with Gasteiger partial charge in [0.25, 0.3) is 0 Å². The van der Waals surface area contributed by atoms with Crippen molar-refractivity contribution in [1.29, 1.82) is 10.5 Å². The van der Waals surface area contributed by atoms with Gasteiger partial charge in [0.15, 0.2) is 0 Å². The van der Waals surface area contributed by atoms with E-state index >= 15 is 0 Å². The van der Waals surface area contributed by atoms with Crippen LogP contribution in [0.15, 0.2) is 158 Å². The minimum Gasteiger partial charge on any atom is -0.457 e. The maximum atomic E-state index is 9.83. The normalized spacial score (nSPS) is 13.2. The molecule has 4 aromatic heterocycles. The second kappa shape index (κ2) is 11.0. The second-order valence-corrected chi connectivity index (χ2v) is 14.4. The van der Waals surface area contributed by atoms with Crippen molar-refractivity contribution in [3.05, 3.63) is 191 Å². The summed E-state index contributed by atoms with van der Waals surface area (Å²) in [5, 5.41) is 23.9. The Hall–Kier alpha value is -8.00. The van der Waals surface area contributed by atoms with E-state index in [4.69, 9.17) is 14.7 Å². The van der Waals surface area contributed by atoms with Gasteiger partial charge in [-0.05, 0) is 108 Å². The van der Waals surface area contributed by atoms with Gasteiger partial charge in [0.2, 0.25) is 0 Å². The van der Waals surface area contributed by atoms with Crippen LogP contribution in [0, 0.1) is 22.7 Å². The van der Waals surface area contributed by atoms with Crippen LogP contribution in [0.1, 0.15) is 33.4 Å². The van der Waals surface area contributed by atoms with Gasteiger partial charge in [0, 0.05) is 56.4 Å². The Balaban J connectivity index is 1.18. The van der Waals surface area contributed by atoms with Crippen molar-refractivity contribution in [2.75, 3.05) is 0 Å². The number of rotatable bonds is 2. The molecule has 1 spiro atoms. The lowest BCUT2D eigenvalue weighted by molar-refractivity contribution is 0.436. The highest BCUT2D eigenvalue weighted by Crippen LogP contribution is 2.62. The molecule has 0 fully saturated rings. The van der Waals surface area contributed by atoms with E-state index in [2.05, 4.69) is 118 Å². The Kier molecular flexibility index (Phi) is 5.99. The van der Waals surface area contributed by atoms with E-state index in [0.29, 0.717) is 11.1 Å². The quantitative estimate of drug-likeness (QED) is 0.178. The SMILES string of the molecule is N#Cc1ccc2c(c1)c1cc(C#N)ccc1n2-c1ccc2c(c1)C1(c3cc(-n4c5ccccc5c5ccccc54)ccc3O2)c2cccnc2-c2ncccc21. The highest BCUT2D eigenvalue weighted by molar-refractivity contribution is 6.11. The zero-order valence-corrected chi connectivity index (χ0v) is 29.6. The molecule has 0 N–H and O–H groups in total. The van der Waals surface area contributed by atoms with Crippen molar-refractivity contribution < 1.29 is 4.74 Å². The maximum Gasteiger partial charge on any atom is 0.132 e. The van der Waals surface area contributed by atoms with Gasteiger partial charge in [-0.25, -0.2) is 0 Å². The number of hydrogen-bond donors (Lipinski definition) is 0. The molecule has 0 bridgehead atoms. The second-order valence-electron chi connectivity index (χ2n) is 14.4. The Morgan fingerprint density at radius 2 is 0.911 bits per heavy atom. The third kappa shape index (κ3) is 3.83. The van der Waals surface area contributed by atoms with Crippen molar-refractivity contribution in [2.24, 2.45) is 0 Å². The monoisotopic (exact) mass is 714 g/mol. The Bertz CT molecular complexity index is 3280. The van der Waals surface area contributed by atoms with Crippen molar-refractivity contribution >= 4 is 43.6 Å². The van der Waals surface area contributed by atoms with E-state index < -0.39 is 5.41 Å². The molecule has 0 amide bonds. The van der Waals surface area contributed by atoms with Crippen LogP contribution in [0.5, 0.6) is 11.5 Å². The molecule has 0 saturated carbocycles. The molecule has 1 aliphatic carbocycles. The van der Waals surface area contributed by atoms with Crippen LogP contribution >= 0.6 is 0 Å². The number of nitriles is 2. The van der Waals surface area contributed by atoms with Gasteiger partial charge in [0.05, 0.1) is 62.1 Å². The predicted molar refractivity (Wildman–Crippen MR) is 218 cm³/mol. The lowest BCUT2D eigenvalue weighted by Gasteiger charge is -2.39. The molecule has 0 saturated heterocycles. The smallest absolute Gasteiger partial charge is 0.132 e. The summed E-state index contributed by atoms with van der Waals surface area (Å²) in [6.07, 6.45) is 3.68. The van der Waals surface area contributed by atoms with E-state index in [1.54, 1.807) is 0 Å². The summed E-state index contributed by atoms with van der Waals surface area (Å²) in [7, 11) is 0. The topological polar surface area (TPSA) is 92.5 Å². The van der Waals surface area contributed by atoms with Gasteiger partial charge in [-0.2, -0.15) is 10.5 Å². The largest absolute Gasteiger partial charge is 0.457 e. The van der Waals surface area contributed by atoms with Gasteiger partial charge in [-0.1, -0.05) is 48.5 Å². The number of fused-ring (bicyclic) bond motifs is 15. The molecule has 6 aromatic carbocycles. The standard InChI is InChI=1S/C49H26N6O/c50-27-29-13-17-43-35(23-29)36-24-30(28-51)14-18-44(36)55(43)32-16-20-46-40(26-32)49(37-9-5-21-52-47(37)48-38(49)10-6-22-53-48)39-25-31(15-19-45(39)56-46)54-41-11-3-1-7-33(41)34-8-2-4-12-42(34)54/h1-26H. The molecule has 0 radical (unpaired) electrons. The first-order valence-electron chi connectivity index (χ1n) is 18.4. The number of nitrogens with zero attached hydrogens (tertiary/aromatic N) is 6. The third-order valence-electron chi connectivity index (χ3n) is 11.7. The zero-order valence-electron chi connectivity index (χ0n) is 29.6. The van der Waals surface area contributed by atoms with Crippen molar-refractivity contribution in [3.8, 4) is 46.4 Å². The maximum absolute atomic E-state index is 9.83. The molecule has 1 aliphatic heterocycles. The fraction of sp³-hybridized carbons (Fsp3) is 0.0204. The summed E-state index contributed by atoms with van der Waals surface area (Å²) in [5.41, 5.74) is 12.1. The minimum absolute atomic E-state index is 0.562. The summed E-state index contributed by atoms with van der Waals surface area (Å²) in [5.74, 6) is 1.52. The average molecular weight is 715 g/mol. The van der Waals surface area contributed by atoms with E-state index in [1.807, 2.05) is 60.9 Å². The molecule has 2 aliphatic rings. The number of benzene rings is 6. The van der Waals surface area contributed by atoms with Gasteiger partial charge in [-0.3, -0.25) is 9.97 Å². The number of aromatic nitrogens is 4. The summed E-state index contributed by atoms with van der Waals surface area (Å²) >= 11 is 0. The number of para-hydroxylation sites is 2. The van der Waals surface area contributed by atoms with Gasteiger partial charge < -0.3 is 13.9 Å². The van der Waals surface area contributed by atoms with Crippen LogP contribution in [-0.4, -0.2) is 19.1 Å². The minimum atomic E-state index is -0.832. The Morgan fingerprint density at radius 1 is 0.446 bits per heavy atom. The van der Waals surface area contributed by atoms with E-state index in [0.717, 1.165) is 89.4 Å². The molecule has 7 nitrogen and oxygen atoms in total. The zero-order chi connectivity index (χ0) is 37.1. The highest BCUT2D eigenvalue weighted by Gasteiger charge is 2.52. The van der Waals surface area contributed by atoms with Crippen LogP contribution in [0.25, 0.3) is 66.4 Å². The molecule has 0 atom stereocenters. The summed E-state index contributed by atoms with van der Waals surface area (Å²) in [6.45, 7) is 0. The van der Waals surface area contributed by atoms with Crippen LogP contribution < -0.4 is 4.74 Å². The molecule has 0 unspecified atom stereocenters. The molecular weight excluding hydrogens is 689 g/mol.